The minimum atomic E-state index is -1.57. The molecule has 2 amide bonds. The first kappa shape index (κ1) is 19.3. The first-order valence-corrected chi connectivity index (χ1v) is 6.60. The third kappa shape index (κ3) is 5.45. The van der Waals surface area contributed by atoms with E-state index in [0.717, 1.165) is 0 Å². The summed E-state index contributed by atoms with van der Waals surface area (Å²) < 4.78 is 4.81. The van der Waals surface area contributed by atoms with E-state index in [-0.39, 0.29) is 11.7 Å². The second kappa shape index (κ2) is 8.76. The maximum atomic E-state index is 11.7. The van der Waals surface area contributed by atoms with Crippen molar-refractivity contribution in [3.8, 4) is 0 Å². The normalized spacial score (nSPS) is 14.5. The van der Waals surface area contributed by atoms with E-state index in [1.54, 1.807) is 0 Å². The van der Waals surface area contributed by atoms with Gasteiger partial charge in [-0.3, -0.25) is 4.79 Å². The zero-order valence-electron chi connectivity index (χ0n) is 12.2. The molecule has 0 saturated heterocycles. The lowest BCUT2D eigenvalue weighted by molar-refractivity contribution is -0.140. The van der Waals surface area contributed by atoms with Crippen molar-refractivity contribution in [2.75, 3.05) is 13.2 Å². The molecule has 3 unspecified atom stereocenters. The van der Waals surface area contributed by atoms with Crippen LogP contribution in [0.25, 0.3) is 0 Å². The Morgan fingerprint density at radius 3 is 2.33 bits per heavy atom. The maximum Gasteiger partial charge on any atom is 0.328 e. The Morgan fingerprint density at radius 1 is 1.17 bits per heavy atom. The molecule has 0 saturated carbocycles. The van der Waals surface area contributed by atoms with Gasteiger partial charge in [0.15, 0.2) is 11.9 Å². The van der Waals surface area contributed by atoms with Gasteiger partial charge in [0.1, 0.15) is 6.04 Å². The van der Waals surface area contributed by atoms with Gasteiger partial charge in [0.05, 0.1) is 25.7 Å². The number of hydrogen-bond acceptors (Lipinski definition) is 9. The largest absolute Gasteiger partial charge is 0.481 e. The smallest absolute Gasteiger partial charge is 0.328 e. The van der Waals surface area contributed by atoms with Crippen LogP contribution >= 0.6 is 0 Å². The second-order valence-corrected chi connectivity index (χ2v) is 4.62. The highest BCUT2D eigenvalue weighted by Crippen LogP contribution is 2.16. The molecule has 0 aliphatic rings. The molecule has 24 heavy (non-hydrogen) atoms. The molecule has 1 rings (SSSR count). The number of nitrogens with zero attached hydrogens (tertiary/aromatic N) is 2. The van der Waals surface area contributed by atoms with Crippen LogP contribution in [-0.4, -0.2) is 67.8 Å². The Morgan fingerprint density at radius 2 is 1.83 bits per heavy atom. The first-order valence-electron chi connectivity index (χ1n) is 6.60. The van der Waals surface area contributed by atoms with Crippen LogP contribution in [0, 0.1) is 0 Å². The lowest BCUT2D eigenvalue weighted by Crippen LogP contribution is -2.48. The van der Waals surface area contributed by atoms with Gasteiger partial charge in [-0.1, -0.05) is 5.16 Å². The monoisotopic (exact) mass is 347 g/mol. The third-order valence-corrected chi connectivity index (χ3v) is 2.75. The number of carboxylic acid groups (broad SMARTS) is 2. The van der Waals surface area contributed by atoms with E-state index in [1.807, 2.05) is 5.32 Å². The molecule has 0 fully saturated rings. The van der Waals surface area contributed by atoms with Gasteiger partial charge in [-0.2, -0.15) is 4.98 Å². The minimum absolute atomic E-state index is 0.0936. The van der Waals surface area contributed by atoms with Gasteiger partial charge in [-0.15, -0.1) is 0 Å². The van der Waals surface area contributed by atoms with E-state index in [9.17, 15) is 14.4 Å². The number of aliphatic hydroxyl groups excluding tert-OH is 2. The molecule has 8 N–H and O–H groups in total. The van der Waals surface area contributed by atoms with Crippen LogP contribution in [0.15, 0.2) is 4.52 Å². The van der Waals surface area contributed by atoms with Gasteiger partial charge in [-0.05, 0) is 0 Å². The molecule has 0 aromatic carbocycles. The highest BCUT2D eigenvalue weighted by Gasteiger charge is 2.27. The number of urea groups is 1. The zero-order chi connectivity index (χ0) is 18.3. The van der Waals surface area contributed by atoms with Crippen molar-refractivity contribution >= 4 is 18.0 Å². The average molecular weight is 347 g/mol. The lowest BCUT2D eigenvalue weighted by Gasteiger charge is -2.16. The number of rotatable bonds is 9. The Balaban J connectivity index is 2.85. The van der Waals surface area contributed by atoms with Gasteiger partial charge in [-0.25, -0.2) is 9.59 Å². The summed E-state index contributed by atoms with van der Waals surface area (Å²) >= 11 is 0. The van der Waals surface area contributed by atoms with E-state index in [1.165, 1.54) is 0 Å². The summed E-state index contributed by atoms with van der Waals surface area (Å²) in [5.41, 5.74) is 5.48. The number of carbonyl (C=O) groups is 3. The number of aliphatic hydroxyl groups is 2. The summed E-state index contributed by atoms with van der Waals surface area (Å²) in [6.45, 7) is -1.34. The number of nitrogens with one attached hydrogen (secondary N) is 2. The van der Waals surface area contributed by atoms with Crippen LogP contribution in [-0.2, 0) is 9.59 Å². The lowest BCUT2D eigenvalue weighted by atomic mass is 10.2. The molecule has 0 spiro atoms. The molecule has 1 aromatic heterocycles. The van der Waals surface area contributed by atoms with E-state index < -0.39 is 55.7 Å². The average Bonchev–Trinajstić information content (AvgIpc) is 3.00. The highest BCUT2D eigenvalue weighted by atomic mass is 16.5. The Hall–Kier alpha value is -2.77. The third-order valence-electron chi connectivity index (χ3n) is 2.75. The number of carboxylic acids is 2. The van der Waals surface area contributed by atoms with Crippen LogP contribution in [0.2, 0.25) is 0 Å². The fourth-order valence-corrected chi connectivity index (χ4v) is 1.54. The molecule has 0 aliphatic heterocycles. The van der Waals surface area contributed by atoms with Crippen LogP contribution in [0.1, 0.15) is 30.2 Å². The van der Waals surface area contributed by atoms with E-state index in [2.05, 4.69) is 15.5 Å². The fourth-order valence-electron chi connectivity index (χ4n) is 1.54. The molecule has 0 bridgehead atoms. The van der Waals surface area contributed by atoms with Crippen LogP contribution in [0.3, 0.4) is 0 Å². The molecule has 134 valence electrons. The summed E-state index contributed by atoms with van der Waals surface area (Å²) in [6, 6.07) is -4.86. The molecule has 1 heterocycles. The summed E-state index contributed by atoms with van der Waals surface area (Å²) in [7, 11) is 0. The van der Waals surface area contributed by atoms with Crippen molar-refractivity contribution < 1.29 is 39.3 Å². The van der Waals surface area contributed by atoms with Crippen LogP contribution < -0.4 is 16.4 Å². The highest BCUT2D eigenvalue weighted by molar-refractivity contribution is 5.83. The predicted octanol–water partition coefficient (Wildman–Crippen LogP) is -2.68. The quantitative estimate of drug-likeness (QED) is 0.244. The standard InChI is InChI=1S/C11H17N5O8/c12-4(2-17)8-15-9(24-16-8)5(1-7(19)20)13-11(23)14-6(3-18)10(21)22/h4-6,17-18H,1-3,12H2,(H,19,20)(H,21,22)(H2,13,14,23). The van der Waals surface area contributed by atoms with Gasteiger partial charge >= 0.3 is 18.0 Å². The Bertz CT molecular complexity index is 591. The predicted molar refractivity (Wildman–Crippen MR) is 73.5 cm³/mol. The molecule has 1 aromatic rings. The molecule has 13 nitrogen and oxygen atoms in total. The molecular formula is C11H17N5O8. The summed E-state index contributed by atoms with van der Waals surface area (Å²) in [6.07, 6.45) is -0.639. The molecule has 3 atom stereocenters. The van der Waals surface area contributed by atoms with Crippen molar-refractivity contribution in [2.45, 2.75) is 24.5 Å². The number of hydrogen-bond donors (Lipinski definition) is 7. The number of carbonyl (C=O) groups excluding carboxylic acids is 1. The molecule has 13 heteroatoms. The maximum absolute atomic E-state index is 11.7. The van der Waals surface area contributed by atoms with E-state index >= 15 is 0 Å². The minimum Gasteiger partial charge on any atom is -0.481 e. The fraction of sp³-hybridized carbons (Fsp3) is 0.545. The molecule has 0 aliphatic carbocycles. The van der Waals surface area contributed by atoms with Crippen molar-refractivity contribution in [1.82, 2.24) is 20.8 Å². The second-order valence-electron chi connectivity index (χ2n) is 4.62. The first-order chi connectivity index (χ1) is 11.3. The van der Waals surface area contributed by atoms with Crippen molar-refractivity contribution in [2.24, 2.45) is 5.73 Å². The SMILES string of the molecule is NC(CO)c1noc(C(CC(=O)O)NC(=O)NC(CO)C(=O)O)n1. The topological polar surface area (TPSA) is 221 Å². The van der Waals surface area contributed by atoms with Crippen LogP contribution in [0.5, 0.6) is 0 Å². The van der Waals surface area contributed by atoms with Gasteiger partial charge in [0.2, 0.25) is 5.89 Å². The molecule has 0 radical (unpaired) electrons. The number of nitrogens with two attached hydrogens (primary N) is 1. The van der Waals surface area contributed by atoms with Crippen LogP contribution in [0.4, 0.5) is 4.79 Å². The van der Waals surface area contributed by atoms with Gasteiger partial charge < -0.3 is 41.3 Å². The summed E-state index contributed by atoms with van der Waals surface area (Å²) in [4.78, 5) is 37.1. The molecular weight excluding hydrogens is 330 g/mol. The number of amides is 2. The van der Waals surface area contributed by atoms with Gasteiger partial charge in [0.25, 0.3) is 0 Å². The van der Waals surface area contributed by atoms with E-state index in [4.69, 9.17) is 30.7 Å². The van der Waals surface area contributed by atoms with Crippen molar-refractivity contribution in [1.29, 1.82) is 0 Å². The summed E-state index contributed by atoms with van der Waals surface area (Å²) in [5, 5.41) is 42.9. The van der Waals surface area contributed by atoms with Crippen molar-refractivity contribution in [3.05, 3.63) is 11.7 Å². The number of aromatic nitrogens is 2. The zero-order valence-corrected chi connectivity index (χ0v) is 12.2. The number of aliphatic carboxylic acids is 2. The Kier molecular flexibility index (Phi) is 7.03. The van der Waals surface area contributed by atoms with Gasteiger partial charge in [0, 0.05) is 0 Å². The van der Waals surface area contributed by atoms with E-state index in [0.29, 0.717) is 0 Å². The summed E-state index contributed by atoms with van der Waals surface area (Å²) in [5.74, 6) is -3.16. The van der Waals surface area contributed by atoms with Crippen molar-refractivity contribution in [3.63, 3.8) is 0 Å². The Labute approximate surface area is 134 Å².